The summed E-state index contributed by atoms with van der Waals surface area (Å²) in [6.07, 6.45) is 19.7. The average molecular weight is 316 g/mol. The minimum Gasteiger partial charge on any atom is -0.166 e. The topological polar surface area (TPSA) is 0 Å². The van der Waals surface area contributed by atoms with Crippen LogP contribution in [0, 0.1) is 0 Å². The van der Waals surface area contributed by atoms with Gasteiger partial charge in [-0.05, 0) is 0 Å². The SMILES string of the molecule is [Li+].c1ccc(C[B-](C2CCCC2)(C2CCCC2)C2CCCC2)cc1. The quantitative estimate of drug-likeness (QED) is 0.719. The van der Waals surface area contributed by atoms with E-state index in [-0.39, 0.29) is 25.0 Å². The second-order valence-electron chi connectivity index (χ2n) is 9.11. The zero-order chi connectivity index (χ0) is 15.5. The van der Waals surface area contributed by atoms with Gasteiger partial charge >= 0.3 is 18.9 Å². The van der Waals surface area contributed by atoms with Crippen LogP contribution in [0.4, 0.5) is 0 Å². The Morgan fingerprint density at radius 3 is 1.38 bits per heavy atom. The fourth-order valence-electron chi connectivity index (χ4n) is 7.41. The molecule has 0 atom stereocenters. The van der Waals surface area contributed by atoms with Gasteiger partial charge in [0.2, 0.25) is 0 Å². The van der Waals surface area contributed by atoms with E-state index in [1.807, 2.05) is 0 Å². The van der Waals surface area contributed by atoms with Gasteiger partial charge in [0.15, 0.2) is 0 Å². The standard InChI is InChI=1S/C22H34B.Li/c1-2-10-19(11-3-1)18-23(20-12-4-5-13-20,21-14-6-7-15-21)22-16-8-9-17-22;/h1-3,10-11,20-22H,4-9,12-18H2;/q-1;+1. The summed E-state index contributed by atoms with van der Waals surface area (Å²) in [6.45, 7) is 0. The van der Waals surface area contributed by atoms with Gasteiger partial charge < -0.3 is 0 Å². The smallest absolute Gasteiger partial charge is 0.166 e. The maximum Gasteiger partial charge on any atom is 1.00 e. The summed E-state index contributed by atoms with van der Waals surface area (Å²) in [6, 6.07) is 11.6. The number of hydrogen-bond acceptors (Lipinski definition) is 0. The Balaban J connectivity index is 0.00000169. The molecule has 0 nitrogen and oxygen atoms in total. The first-order chi connectivity index (χ1) is 11.4. The third-order valence-corrected chi connectivity index (χ3v) is 8.26. The molecule has 0 bridgehead atoms. The molecule has 0 amide bonds. The minimum absolute atomic E-state index is 0. The van der Waals surface area contributed by atoms with Crippen molar-refractivity contribution >= 4 is 6.15 Å². The summed E-state index contributed by atoms with van der Waals surface area (Å²) in [4.78, 5) is 0. The van der Waals surface area contributed by atoms with Crippen LogP contribution in [-0.4, -0.2) is 6.15 Å². The van der Waals surface area contributed by atoms with Crippen LogP contribution >= 0.6 is 0 Å². The predicted molar refractivity (Wildman–Crippen MR) is 103 cm³/mol. The molecule has 0 aliphatic heterocycles. The van der Waals surface area contributed by atoms with Gasteiger partial charge in [0.25, 0.3) is 0 Å². The molecule has 2 heteroatoms. The van der Waals surface area contributed by atoms with Crippen molar-refractivity contribution in [1.29, 1.82) is 0 Å². The maximum absolute atomic E-state index is 2.43. The van der Waals surface area contributed by atoms with Crippen LogP contribution in [-0.2, 0) is 6.32 Å². The van der Waals surface area contributed by atoms with E-state index in [0.29, 0.717) is 0 Å². The number of benzene rings is 1. The van der Waals surface area contributed by atoms with E-state index >= 15 is 0 Å². The normalized spacial score (nSPS) is 23.7. The van der Waals surface area contributed by atoms with Gasteiger partial charge in [-0.25, -0.2) is 0 Å². The first-order valence-electron chi connectivity index (χ1n) is 10.6. The Labute approximate surface area is 161 Å². The fraction of sp³-hybridized carbons (Fsp3) is 0.727. The molecule has 4 rings (SSSR count). The van der Waals surface area contributed by atoms with Gasteiger partial charge in [-0.2, -0.15) is 23.8 Å². The molecule has 24 heavy (non-hydrogen) atoms. The molecular weight excluding hydrogens is 282 g/mol. The molecule has 1 aromatic rings. The van der Waals surface area contributed by atoms with E-state index in [1.165, 1.54) is 44.8 Å². The van der Waals surface area contributed by atoms with Crippen molar-refractivity contribution in [1.82, 2.24) is 0 Å². The van der Waals surface area contributed by atoms with Gasteiger partial charge in [0, 0.05) is 6.15 Å². The van der Waals surface area contributed by atoms with Gasteiger partial charge in [0.05, 0.1) is 0 Å². The predicted octanol–water partition coefficient (Wildman–Crippen LogP) is 4.05. The molecule has 0 N–H and O–H groups in total. The Morgan fingerprint density at radius 1 is 0.625 bits per heavy atom. The van der Waals surface area contributed by atoms with E-state index in [0.717, 1.165) is 17.5 Å². The summed E-state index contributed by atoms with van der Waals surface area (Å²) in [5.41, 5.74) is 1.65. The zero-order valence-corrected chi connectivity index (χ0v) is 15.9. The summed E-state index contributed by atoms with van der Waals surface area (Å²) >= 11 is 0. The van der Waals surface area contributed by atoms with Crippen molar-refractivity contribution in [2.45, 2.75) is 101 Å². The van der Waals surface area contributed by atoms with Gasteiger partial charge in [-0.1, -0.05) is 113 Å². The summed E-state index contributed by atoms with van der Waals surface area (Å²) in [5.74, 6) is 3.25. The van der Waals surface area contributed by atoms with Crippen LogP contribution in [0.3, 0.4) is 0 Å². The molecule has 0 unspecified atom stereocenters. The molecule has 3 aliphatic rings. The molecule has 3 fully saturated rings. The molecular formula is C22H34BLi. The van der Waals surface area contributed by atoms with Crippen molar-refractivity contribution < 1.29 is 18.9 Å². The second-order valence-corrected chi connectivity index (χ2v) is 9.11. The van der Waals surface area contributed by atoms with Crippen LogP contribution < -0.4 is 18.9 Å². The average Bonchev–Trinajstić information content (AvgIpc) is 3.38. The third-order valence-electron chi connectivity index (χ3n) is 8.26. The molecule has 0 heterocycles. The van der Waals surface area contributed by atoms with Crippen LogP contribution in [0.25, 0.3) is 0 Å². The first kappa shape index (κ1) is 18.7. The van der Waals surface area contributed by atoms with E-state index in [9.17, 15) is 0 Å². The van der Waals surface area contributed by atoms with E-state index in [4.69, 9.17) is 0 Å². The van der Waals surface area contributed by atoms with Crippen molar-refractivity contribution in [3.63, 3.8) is 0 Å². The fourth-order valence-corrected chi connectivity index (χ4v) is 7.41. The molecule has 0 saturated heterocycles. The maximum atomic E-state index is 2.43. The van der Waals surface area contributed by atoms with Crippen molar-refractivity contribution in [3.05, 3.63) is 35.9 Å². The van der Waals surface area contributed by atoms with Gasteiger partial charge in [0.1, 0.15) is 0 Å². The third kappa shape index (κ3) is 3.54. The monoisotopic (exact) mass is 316 g/mol. The summed E-state index contributed by atoms with van der Waals surface area (Å²) < 4.78 is 0. The van der Waals surface area contributed by atoms with Crippen molar-refractivity contribution in [2.75, 3.05) is 0 Å². The summed E-state index contributed by atoms with van der Waals surface area (Å²) in [5, 5.41) is 0. The van der Waals surface area contributed by atoms with Crippen LogP contribution in [0.5, 0.6) is 0 Å². The zero-order valence-electron chi connectivity index (χ0n) is 15.9. The molecule has 0 radical (unpaired) electrons. The van der Waals surface area contributed by atoms with Crippen LogP contribution in [0.15, 0.2) is 30.3 Å². The van der Waals surface area contributed by atoms with Crippen LogP contribution in [0.1, 0.15) is 82.6 Å². The number of hydrogen-bond donors (Lipinski definition) is 0. The first-order valence-corrected chi connectivity index (χ1v) is 10.6. The molecule has 0 spiro atoms. The summed E-state index contributed by atoms with van der Waals surface area (Å²) in [7, 11) is 0. The Hall–Kier alpha value is -0.118. The van der Waals surface area contributed by atoms with Crippen molar-refractivity contribution in [2.24, 2.45) is 0 Å². The Morgan fingerprint density at radius 2 is 1.00 bits per heavy atom. The van der Waals surface area contributed by atoms with E-state index in [2.05, 4.69) is 30.3 Å². The molecule has 0 aromatic heterocycles. The Kier molecular flexibility index (Phi) is 6.62. The number of rotatable bonds is 5. The van der Waals surface area contributed by atoms with Crippen LogP contribution in [0.2, 0.25) is 17.5 Å². The largest absolute Gasteiger partial charge is 1.00 e. The van der Waals surface area contributed by atoms with Gasteiger partial charge in [-0.15, -0.1) is 0 Å². The molecule has 126 valence electrons. The minimum atomic E-state index is -0.203. The van der Waals surface area contributed by atoms with Crippen molar-refractivity contribution in [3.8, 4) is 0 Å². The van der Waals surface area contributed by atoms with E-state index in [1.54, 1.807) is 44.1 Å². The second kappa shape index (κ2) is 8.51. The molecule has 3 saturated carbocycles. The Bertz CT molecular complexity index is 441. The van der Waals surface area contributed by atoms with E-state index < -0.39 is 0 Å². The molecule has 3 aliphatic carbocycles. The molecule has 1 aromatic carbocycles. The van der Waals surface area contributed by atoms with Gasteiger partial charge in [-0.3, -0.25) is 0 Å².